The van der Waals surface area contributed by atoms with Gasteiger partial charge in [0.05, 0.1) is 27.2 Å². The van der Waals surface area contributed by atoms with E-state index in [9.17, 15) is 14.4 Å². The Morgan fingerprint density at radius 2 is 1.97 bits per heavy atom. The Morgan fingerprint density at radius 1 is 1.22 bits per heavy atom. The first-order valence-electron chi connectivity index (χ1n) is 9.83. The largest absolute Gasteiger partial charge is 0.493 e. The van der Waals surface area contributed by atoms with Crippen molar-refractivity contribution in [1.82, 2.24) is 15.5 Å². The summed E-state index contributed by atoms with van der Waals surface area (Å²) in [5, 5.41) is 5.31. The molecule has 1 atom stereocenters. The maximum Gasteiger partial charge on any atom is 0.308 e. The highest BCUT2D eigenvalue weighted by atomic mass is 32.1. The summed E-state index contributed by atoms with van der Waals surface area (Å²) in [6, 6.07) is 4.34. The summed E-state index contributed by atoms with van der Waals surface area (Å²) < 4.78 is 20.3. The van der Waals surface area contributed by atoms with Crippen LogP contribution in [0.1, 0.15) is 12.0 Å². The maximum atomic E-state index is 12.4. The zero-order valence-corrected chi connectivity index (χ0v) is 19.0. The number of rotatable bonds is 9. The number of carbonyl (C=O) groups is 3. The molecule has 1 aromatic rings. The molecule has 1 aromatic carbocycles. The van der Waals surface area contributed by atoms with Gasteiger partial charge in [-0.25, -0.2) is 0 Å². The molecule has 0 spiro atoms. The third kappa shape index (κ3) is 7.20. The number of nitrogens with one attached hydrogen (secondary N) is 2. The number of carbonyl (C=O) groups excluding carboxylic acids is 3. The van der Waals surface area contributed by atoms with Crippen LogP contribution in [0.3, 0.4) is 0 Å². The Hall–Kier alpha value is -3.18. The van der Waals surface area contributed by atoms with Crippen LogP contribution >= 0.6 is 12.2 Å². The van der Waals surface area contributed by atoms with Gasteiger partial charge in [0.2, 0.25) is 11.8 Å². The highest BCUT2D eigenvalue weighted by molar-refractivity contribution is 7.80. The summed E-state index contributed by atoms with van der Waals surface area (Å²) in [4.78, 5) is 38.2. The number of hydrogen-bond donors (Lipinski definition) is 2. The molecule has 2 amide bonds. The molecule has 0 aromatic heterocycles. The molecule has 1 unspecified atom stereocenters. The first-order valence-corrected chi connectivity index (χ1v) is 10.2. The van der Waals surface area contributed by atoms with E-state index in [1.165, 1.54) is 32.3 Å². The normalized spacial score (nSPS) is 15.8. The van der Waals surface area contributed by atoms with Gasteiger partial charge in [-0.2, -0.15) is 0 Å². The van der Waals surface area contributed by atoms with Crippen LogP contribution in [0, 0.1) is 0 Å². The molecule has 2 rings (SSSR count). The molecule has 0 bridgehead atoms. The van der Waals surface area contributed by atoms with Gasteiger partial charge in [-0.15, -0.1) is 0 Å². The minimum absolute atomic E-state index is 0.0523. The SMILES string of the molecule is COCCOC(=O)CC1C(=O)NCCN1C(=S)NC(=O)C=Cc1ccc(OC)c(OC)c1. The van der Waals surface area contributed by atoms with Crippen LogP contribution in [0.15, 0.2) is 24.3 Å². The molecule has 10 nitrogen and oxygen atoms in total. The lowest BCUT2D eigenvalue weighted by molar-refractivity contribution is -0.148. The fourth-order valence-electron chi connectivity index (χ4n) is 2.96. The highest BCUT2D eigenvalue weighted by Gasteiger charge is 2.34. The van der Waals surface area contributed by atoms with E-state index in [2.05, 4.69) is 10.6 Å². The number of benzene rings is 1. The number of nitrogens with zero attached hydrogens (tertiary/aromatic N) is 1. The molecule has 1 fully saturated rings. The smallest absolute Gasteiger partial charge is 0.308 e. The number of hydrogen-bond acceptors (Lipinski definition) is 8. The molecular weight excluding hydrogens is 438 g/mol. The third-order valence-corrected chi connectivity index (χ3v) is 4.90. The van der Waals surface area contributed by atoms with Crippen molar-refractivity contribution in [3.63, 3.8) is 0 Å². The molecule has 0 aliphatic carbocycles. The van der Waals surface area contributed by atoms with Crippen LogP contribution in [-0.2, 0) is 23.9 Å². The molecule has 1 heterocycles. The minimum atomic E-state index is -0.874. The number of ether oxygens (including phenoxy) is 4. The predicted octanol–water partition coefficient (Wildman–Crippen LogP) is 0.498. The van der Waals surface area contributed by atoms with Crippen molar-refractivity contribution < 1.29 is 33.3 Å². The zero-order valence-electron chi connectivity index (χ0n) is 18.2. The van der Waals surface area contributed by atoms with Gasteiger partial charge in [-0.3, -0.25) is 19.7 Å². The lowest BCUT2D eigenvalue weighted by atomic mass is 10.1. The second kappa shape index (κ2) is 12.6. The second-order valence-electron chi connectivity index (χ2n) is 6.66. The summed E-state index contributed by atoms with van der Waals surface area (Å²) >= 11 is 5.31. The van der Waals surface area contributed by atoms with Crippen molar-refractivity contribution in [1.29, 1.82) is 0 Å². The first-order chi connectivity index (χ1) is 15.4. The monoisotopic (exact) mass is 465 g/mol. The van der Waals surface area contributed by atoms with E-state index in [1.807, 2.05) is 0 Å². The van der Waals surface area contributed by atoms with Gasteiger partial charge in [0.1, 0.15) is 12.6 Å². The standard InChI is InChI=1S/C21H27N3O7S/c1-28-10-11-31-19(26)13-15-20(27)22-8-9-24(15)21(32)23-18(25)7-5-14-4-6-16(29-2)17(12-14)30-3/h4-7,12,15H,8-11,13H2,1-3H3,(H,22,27)(H,23,25,32). The van der Waals surface area contributed by atoms with Crippen LogP contribution in [-0.4, -0.2) is 81.5 Å². The predicted molar refractivity (Wildman–Crippen MR) is 120 cm³/mol. The summed E-state index contributed by atoms with van der Waals surface area (Å²) in [7, 11) is 4.55. The summed E-state index contributed by atoms with van der Waals surface area (Å²) in [5.74, 6) is -0.290. The van der Waals surface area contributed by atoms with Crippen LogP contribution < -0.4 is 20.1 Å². The number of methoxy groups -OCH3 is 3. The third-order valence-electron chi connectivity index (χ3n) is 4.57. The van der Waals surface area contributed by atoms with E-state index in [4.69, 9.17) is 31.2 Å². The number of amides is 2. The Bertz CT molecular complexity index is 875. The van der Waals surface area contributed by atoms with Gasteiger partial charge >= 0.3 is 5.97 Å². The average molecular weight is 466 g/mol. The molecule has 0 saturated carbocycles. The molecule has 1 aliphatic rings. The van der Waals surface area contributed by atoms with E-state index < -0.39 is 17.9 Å². The molecule has 1 saturated heterocycles. The number of piperazine rings is 1. The first kappa shape index (κ1) is 25.1. The Labute approximate surface area is 191 Å². The Balaban J connectivity index is 1.99. The highest BCUT2D eigenvalue weighted by Crippen LogP contribution is 2.27. The molecule has 1 aliphatic heterocycles. The van der Waals surface area contributed by atoms with Gasteiger partial charge in [-0.05, 0) is 36.0 Å². The molecule has 32 heavy (non-hydrogen) atoms. The Morgan fingerprint density at radius 3 is 2.66 bits per heavy atom. The number of thiocarbonyl (C=S) groups is 1. The lowest BCUT2D eigenvalue weighted by Gasteiger charge is -2.36. The van der Waals surface area contributed by atoms with Gasteiger partial charge in [0.25, 0.3) is 0 Å². The van der Waals surface area contributed by atoms with Crippen molar-refractivity contribution in [2.24, 2.45) is 0 Å². The second-order valence-corrected chi connectivity index (χ2v) is 7.05. The van der Waals surface area contributed by atoms with Crippen LogP contribution in [0.25, 0.3) is 6.08 Å². The topological polar surface area (TPSA) is 115 Å². The summed E-state index contributed by atoms with van der Waals surface area (Å²) in [6.07, 6.45) is 2.70. The molecule has 11 heteroatoms. The van der Waals surface area contributed by atoms with E-state index in [0.717, 1.165) is 5.56 Å². The summed E-state index contributed by atoms with van der Waals surface area (Å²) in [5.41, 5.74) is 0.720. The van der Waals surface area contributed by atoms with Gasteiger partial charge < -0.3 is 29.2 Å². The average Bonchev–Trinajstić information content (AvgIpc) is 2.78. The van der Waals surface area contributed by atoms with Crippen molar-refractivity contribution in [3.8, 4) is 11.5 Å². The quantitative estimate of drug-likeness (QED) is 0.233. The van der Waals surface area contributed by atoms with Crippen molar-refractivity contribution >= 4 is 41.2 Å². The van der Waals surface area contributed by atoms with Gasteiger partial charge in [0, 0.05) is 26.3 Å². The fraction of sp³-hybridized carbons (Fsp3) is 0.429. The van der Waals surface area contributed by atoms with E-state index in [1.54, 1.807) is 24.3 Å². The van der Waals surface area contributed by atoms with E-state index in [-0.39, 0.29) is 30.7 Å². The zero-order chi connectivity index (χ0) is 23.5. The molecule has 0 radical (unpaired) electrons. The Kier molecular flexibility index (Phi) is 9.89. The summed E-state index contributed by atoms with van der Waals surface area (Å²) in [6.45, 7) is 1.03. The van der Waals surface area contributed by atoms with Crippen LogP contribution in [0.4, 0.5) is 0 Å². The molecule has 2 N–H and O–H groups in total. The fourth-order valence-corrected chi connectivity index (χ4v) is 3.28. The maximum absolute atomic E-state index is 12.4. The van der Waals surface area contributed by atoms with Gasteiger partial charge in [-0.1, -0.05) is 6.07 Å². The van der Waals surface area contributed by atoms with E-state index >= 15 is 0 Å². The molecular formula is C21H27N3O7S. The lowest BCUT2D eigenvalue weighted by Crippen LogP contribution is -2.60. The van der Waals surface area contributed by atoms with Crippen molar-refractivity contribution in [2.75, 3.05) is 47.6 Å². The van der Waals surface area contributed by atoms with Crippen LogP contribution in [0.5, 0.6) is 11.5 Å². The van der Waals surface area contributed by atoms with Crippen LogP contribution in [0.2, 0.25) is 0 Å². The number of esters is 1. The van der Waals surface area contributed by atoms with E-state index in [0.29, 0.717) is 24.6 Å². The van der Waals surface area contributed by atoms with Crippen molar-refractivity contribution in [3.05, 3.63) is 29.8 Å². The minimum Gasteiger partial charge on any atom is -0.493 e. The van der Waals surface area contributed by atoms with Crippen molar-refractivity contribution in [2.45, 2.75) is 12.5 Å². The van der Waals surface area contributed by atoms with Gasteiger partial charge in [0.15, 0.2) is 16.6 Å². The molecule has 174 valence electrons.